The smallest absolute Gasteiger partial charge is 0.419 e. The number of anilines is 1. The molecule has 7 nitrogen and oxygen atoms in total. The van der Waals surface area contributed by atoms with Crippen molar-refractivity contribution >= 4 is 15.5 Å². The number of pyridine rings is 1. The Balaban J connectivity index is 2.24. The molecule has 1 aliphatic heterocycles. The van der Waals surface area contributed by atoms with Crippen LogP contribution >= 0.6 is 0 Å². The van der Waals surface area contributed by atoms with Gasteiger partial charge in [-0.2, -0.15) is 26.3 Å². The van der Waals surface area contributed by atoms with E-state index in [1.54, 1.807) is 0 Å². The second-order valence-electron chi connectivity index (χ2n) is 6.48. The van der Waals surface area contributed by atoms with E-state index < -0.39 is 74.0 Å². The summed E-state index contributed by atoms with van der Waals surface area (Å²) in [4.78, 5) is 3.48. The quantitative estimate of drug-likeness (QED) is 0.616. The van der Waals surface area contributed by atoms with Gasteiger partial charge in [-0.05, 0) is 18.9 Å². The lowest BCUT2D eigenvalue weighted by Crippen LogP contribution is -2.21. The first kappa shape index (κ1) is 21.3. The molecule has 1 unspecified atom stereocenters. The molecular weight excluding hydrogens is 430 g/mol. The summed E-state index contributed by atoms with van der Waals surface area (Å²) in [7, 11) is -4.51. The first-order valence-corrected chi connectivity index (χ1v) is 9.97. The average molecular weight is 444 g/mol. The van der Waals surface area contributed by atoms with Crippen LogP contribution in [0.25, 0.3) is 11.6 Å². The fraction of sp³-hybridized carbons (Fsp3) is 0.533. The Hall–Kier alpha value is -2.38. The molecule has 0 amide bonds. The predicted octanol–water partition coefficient (Wildman–Crippen LogP) is 3.73. The van der Waals surface area contributed by atoms with Gasteiger partial charge in [0.2, 0.25) is 5.89 Å². The van der Waals surface area contributed by atoms with Crippen molar-refractivity contribution in [2.24, 2.45) is 0 Å². The highest BCUT2D eigenvalue weighted by Gasteiger charge is 2.45. The summed E-state index contributed by atoms with van der Waals surface area (Å²) in [5.74, 6) is -4.30. The average Bonchev–Trinajstić information content (AvgIpc) is 3.04. The van der Waals surface area contributed by atoms with E-state index in [4.69, 9.17) is 10.2 Å². The van der Waals surface area contributed by atoms with E-state index >= 15 is 0 Å². The third-order valence-electron chi connectivity index (χ3n) is 4.36. The second kappa shape index (κ2) is 7.15. The maximum atomic E-state index is 13.3. The molecule has 3 rings (SSSR count). The molecule has 0 fully saturated rings. The molecule has 3 heterocycles. The maximum Gasteiger partial charge on any atom is 0.419 e. The van der Waals surface area contributed by atoms with Gasteiger partial charge in [0.1, 0.15) is 5.92 Å². The number of nitrogens with zero attached hydrogens (tertiary/aromatic N) is 3. The van der Waals surface area contributed by atoms with Crippen LogP contribution in [0, 0.1) is 0 Å². The van der Waals surface area contributed by atoms with E-state index in [1.165, 1.54) is 0 Å². The zero-order valence-corrected chi connectivity index (χ0v) is 15.3. The number of sulfone groups is 1. The van der Waals surface area contributed by atoms with Crippen molar-refractivity contribution in [3.63, 3.8) is 0 Å². The van der Waals surface area contributed by atoms with Crippen molar-refractivity contribution in [2.75, 3.05) is 11.5 Å². The summed E-state index contributed by atoms with van der Waals surface area (Å²) in [6.07, 6.45) is -10.4. The van der Waals surface area contributed by atoms with Crippen molar-refractivity contribution < 1.29 is 39.2 Å². The van der Waals surface area contributed by atoms with E-state index in [2.05, 4.69) is 15.2 Å². The van der Waals surface area contributed by atoms with Crippen molar-refractivity contribution in [2.45, 2.75) is 49.0 Å². The van der Waals surface area contributed by atoms with Gasteiger partial charge in [0.25, 0.3) is 5.89 Å². The largest absolute Gasteiger partial charge is 0.419 e. The normalized spacial score (nSPS) is 20.4. The van der Waals surface area contributed by atoms with Crippen LogP contribution in [0.15, 0.2) is 15.5 Å². The SMILES string of the molecule is Nc1cc(C(F)(F)F)c2nc1-c1nnc(o1)C(C(F)(F)F)CCCCCS2(=O)=O. The lowest BCUT2D eigenvalue weighted by atomic mass is 10.0. The van der Waals surface area contributed by atoms with Crippen molar-refractivity contribution in [1.82, 2.24) is 15.2 Å². The van der Waals surface area contributed by atoms with Gasteiger partial charge in [-0.1, -0.05) is 12.8 Å². The summed E-state index contributed by atoms with van der Waals surface area (Å²) in [5, 5.41) is 5.44. The highest BCUT2D eigenvalue weighted by atomic mass is 32.2. The van der Waals surface area contributed by atoms with Gasteiger partial charge in [-0.15, -0.1) is 10.2 Å². The van der Waals surface area contributed by atoms with Gasteiger partial charge in [0.15, 0.2) is 20.6 Å². The minimum Gasteiger partial charge on any atom is -0.419 e. The molecule has 14 heteroatoms. The molecule has 2 aromatic rings. The number of rotatable bonds is 0. The van der Waals surface area contributed by atoms with Crippen LogP contribution in [0.5, 0.6) is 0 Å². The van der Waals surface area contributed by atoms with Gasteiger partial charge in [-0.25, -0.2) is 13.4 Å². The van der Waals surface area contributed by atoms with E-state index in [0.717, 1.165) is 0 Å². The number of nitrogen functional groups attached to an aromatic ring is 1. The van der Waals surface area contributed by atoms with Gasteiger partial charge in [-0.3, -0.25) is 0 Å². The zero-order chi connectivity index (χ0) is 21.6. The lowest BCUT2D eigenvalue weighted by Gasteiger charge is -2.16. The Morgan fingerprint density at radius 1 is 1.07 bits per heavy atom. The minimum atomic E-state index is -5.07. The number of fused-ring (bicyclic) bond motifs is 5. The highest BCUT2D eigenvalue weighted by molar-refractivity contribution is 7.91. The summed E-state index contributed by atoms with van der Waals surface area (Å²) >= 11 is 0. The summed E-state index contributed by atoms with van der Waals surface area (Å²) in [6.45, 7) is 0. The standard InChI is InChI=1S/C15H14F6N4O3S/c16-14(17,18)7-4-2-1-3-5-29(26,27)13-8(15(19,20)21)6-9(22)10(23-13)12-25-24-11(7)28-12/h6-7H,1-5,22H2. The third kappa shape index (κ3) is 4.31. The van der Waals surface area contributed by atoms with Crippen molar-refractivity contribution in [3.8, 4) is 11.6 Å². The molecule has 1 aliphatic rings. The van der Waals surface area contributed by atoms with Crippen LogP contribution in [0.4, 0.5) is 32.0 Å². The molecule has 0 aromatic carbocycles. The van der Waals surface area contributed by atoms with Crippen LogP contribution in [0.1, 0.15) is 43.1 Å². The zero-order valence-electron chi connectivity index (χ0n) is 14.5. The van der Waals surface area contributed by atoms with Crippen molar-refractivity contribution in [3.05, 3.63) is 17.5 Å². The number of nitrogens with two attached hydrogens (primary N) is 1. The Bertz CT molecular complexity index is 1020. The lowest BCUT2D eigenvalue weighted by molar-refractivity contribution is -0.156. The van der Waals surface area contributed by atoms with Crippen LogP contribution in [-0.2, 0) is 16.0 Å². The maximum absolute atomic E-state index is 13.3. The molecule has 160 valence electrons. The fourth-order valence-corrected chi connectivity index (χ4v) is 4.45. The van der Waals surface area contributed by atoms with E-state index in [0.29, 0.717) is 6.07 Å². The van der Waals surface area contributed by atoms with Gasteiger partial charge >= 0.3 is 12.4 Å². The number of halogens is 6. The van der Waals surface area contributed by atoms with Crippen LogP contribution in [-0.4, -0.2) is 35.5 Å². The first-order valence-electron chi connectivity index (χ1n) is 8.31. The Morgan fingerprint density at radius 2 is 1.76 bits per heavy atom. The summed E-state index contributed by atoms with van der Waals surface area (Å²) in [5.41, 5.74) is 2.69. The molecule has 0 saturated heterocycles. The van der Waals surface area contributed by atoms with Gasteiger partial charge in [0.05, 0.1) is 17.0 Å². The molecule has 0 saturated carbocycles. The molecule has 4 bridgehead atoms. The Kier molecular flexibility index (Phi) is 5.26. The van der Waals surface area contributed by atoms with Crippen LogP contribution in [0.3, 0.4) is 0 Å². The summed E-state index contributed by atoms with van der Waals surface area (Å²) < 4.78 is 110. The Labute approximate surface area is 160 Å². The predicted molar refractivity (Wildman–Crippen MR) is 86.3 cm³/mol. The first-order chi connectivity index (χ1) is 13.3. The number of alkyl halides is 6. The molecule has 0 radical (unpaired) electrons. The molecule has 0 aliphatic carbocycles. The monoisotopic (exact) mass is 444 g/mol. The second-order valence-corrected chi connectivity index (χ2v) is 8.51. The topological polar surface area (TPSA) is 112 Å². The molecular formula is C15H14F6N4O3S. The molecule has 2 aromatic heterocycles. The Morgan fingerprint density at radius 3 is 2.38 bits per heavy atom. The molecule has 29 heavy (non-hydrogen) atoms. The van der Waals surface area contributed by atoms with Crippen LogP contribution < -0.4 is 5.73 Å². The molecule has 0 spiro atoms. The van der Waals surface area contributed by atoms with Gasteiger partial charge < -0.3 is 10.2 Å². The van der Waals surface area contributed by atoms with Gasteiger partial charge in [0, 0.05) is 0 Å². The highest BCUT2D eigenvalue weighted by Crippen LogP contribution is 2.41. The minimum absolute atomic E-state index is 0.0377. The number of hydrogen-bond acceptors (Lipinski definition) is 7. The fourth-order valence-electron chi connectivity index (χ4n) is 2.94. The molecule has 1 atom stereocenters. The van der Waals surface area contributed by atoms with E-state index in [-0.39, 0.29) is 19.3 Å². The molecule has 2 N–H and O–H groups in total. The van der Waals surface area contributed by atoms with E-state index in [9.17, 15) is 34.8 Å². The summed E-state index contributed by atoms with van der Waals surface area (Å²) in [6, 6.07) is 0.347. The van der Waals surface area contributed by atoms with Crippen molar-refractivity contribution in [1.29, 1.82) is 0 Å². The third-order valence-corrected chi connectivity index (χ3v) is 6.09. The van der Waals surface area contributed by atoms with E-state index in [1.807, 2.05) is 0 Å². The number of aromatic nitrogens is 3. The van der Waals surface area contributed by atoms with Crippen LogP contribution in [0.2, 0.25) is 0 Å². The number of hydrogen-bond donors (Lipinski definition) is 1.